The van der Waals surface area contributed by atoms with Gasteiger partial charge in [-0.15, -0.1) is 10.2 Å². The number of hydrogen-bond acceptors (Lipinski definition) is 5. The normalized spacial score (nSPS) is 22.7. The molecule has 2 aliphatic heterocycles. The van der Waals surface area contributed by atoms with Gasteiger partial charge in [0.15, 0.2) is 5.65 Å². The smallest absolute Gasteiger partial charge is 0.378 e. The van der Waals surface area contributed by atoms with Gasteiger partial charge in [0.25, 0.3) is 0 Å². The number of ether oxygens (including phenoxy) is 1. The lowest BCUT2D eigenvalue weighted by Crippen LogP contribution is -2.57. The number of fused-ring (bicyclic) bond motifs is 1. The van der Waals surface area contributed by atoms with E-state index < -0.39 is 18.8 Å². The summed E-state index contributed by atoms with van der Waals surface area (Å²) in [5, 5.41) is 8.46. The van der Waals surface area contributed by atoms with Crippen molar-refractivity contribution in [3.05, 3.63) is 30.2 Å². The number of alkyl halides is 3. The highest BCUT2D eigenvalue weighted by atomic mass is 19.4. The number of piperidine rings is 1. The average molecular weight is 397 g/mol. The minimum Gasteiger partial charge on any atom is -0.378 e. The monoisotopic (exact) mass is 397 g/mol. The van der Waals surface area contributed by atoms with Crippen LogP contribution in [-0.4, -0.2) is 81.9 Å². The molecule has 10 heteroatoms. The van der Waals surface area contributed by atoms with Gasteiger partial charge in [0, 0.05) is 31.7 Å². The number of carbonyl (C=O) groups is 1. The van der Waals surface area contributed by atoms with Crippen molar-refractivity contribution in [2.75, 3.05) is 39.4 Å². The fraction of sp³-hybridized carbons (Fsp3) is 0.611. The molecule has 2 fully saturated rings. The van der Waals surface area contributed by atoms with Crippen molar-refractivity contribution in [2.24, 2.45) is 0 Å². The quantitative estimate of drug-likeness (QED) is 0.789. The number of halogens is 3. The fourth-order valence-electron chi connectivity index (χ4n) is 3.99. The largest absolute Gasteiger partial charge is 0.401 e. The highest BCUT2D eigenvalue weighted by Crippen LogP contribution is 2.28. The molecule has 152 valence electrons. The first-order valence-electron chi connectivity index (χ1n) is 9.39. The highest BCUT2D eigenvalue weighted by Gasteiger charge is 2.40. The first-order chi connectivity index (χ1) is 13.4. The van der Waals surface area contributed by atoms with Crippen LogP contribution in [0.5, 0.6) is 0 Å². The van der Waals surface area contributed by atoms with Crippen LogP contribution in [0.2, 0.25) is 0 Å². The maximum Gasteiger partial charge on any atom is 0.401 e. The average Bonchev–Trinajstić information content (AvgIpc) is 3.11. The number of hydrogen-bond donors (Lipinski definition) is 0. The van der Waals surface area contributed by atoms with E-state index >= 15 is 0 Å². The molecule has 28 heavy (non-hydrogen) atoms. The summed E-state index contributed by atoms with van der Waals surface area (Å²) in [6.07, 6.45) is -1.02. The standard InChI is InChI=1S/C18H22F3N5O2/c19-18(20,21)12-25-9-10-28-11-14(25)17(27)24-7-4-13(5-8-24)16-23-22-15-3-1-2-6-26(15)16/h1-3,6,13-14H,4-5,7-12H2/t14-/m0/s1. The topological polar surface area (TPSA) is 63.0 Å². The van der Waals surface area contributed by atoms with E-state index in [0.717, 1.165) is 11.5 Å². The van der Waals surface area contributed by atoms with Gasteiger partial charge >= 0.3 is 6.18 Å². The summed E-state index contributed by atoms with van der Waals surface area (Å²) >= 11 is 0. The maximum absolute atomic E-state index is 12.9. The second kappa shape index (κ2) is 7.67. The molecule has 4 rings (SSSR count). The van der Waals surface area contributed by atoms with E-state index in [4.69, 9.17) is 4.74 Å². The van der Waals surface area contributed by atoms with E-state index in [1.165, 1.54) is 4.90 Å². The predicted molar refractivity (Wildman–Crippen MR) is 93.8 cm³/mol. The first kappa shape index (κ1) is 19.1. The van der Waals surface area contributed by atoms with Crippen LogP contribution in [-0.2, 0) is 9.53 Å². The first-order valence-corrected chi connectivity index (χ1v) is 9.39. The number of aromatic nitrogens is 3. The van der Waals surface area contributed by atoms with Crippen LogP contribution < -0.4 is 0 Å². The Bertz CT molecular complexity index is 832. The number of pyridine rings is 1. The number of amides is 1. The molecule has 0 radical (unpaired) electrons. The van der Waals surface area contributed by atoms with Crippen molar-refractivity contribution in [3.8, 4) is 0 Å². The van der Waals surface area contributed by atoms with Crippen molar-refractivity contribution in [2.45, 2.75) is 31.0 Å². The lowest BCUT2D eigenvalue weighted by molar-refractivity contribution is -0.171. The summed E-state index contributed by atoms with van der Waals surface area (Å²) in [6.45, 7) is 0.210. The summed E-state index contributed by atoms with van der Waals surface area (Å²) < 4.78 is 45.7. The Morgan fingerprint density at radius 1 is 1.18 bits per heavy atom. The van der Waals surface area contributed by atoms with Crippen molar-refractivity contribution >= 4 is 11.6 Å². The van der Waals surface area contributed by atoms with Crippen molar-refractivity contribution in [1.29, 1.82) is 0 Å². The second-order valence-electron chi connectivity index (χ2n) is 7.26. The Morgan fingerprint density at radius 2 is 1.96 bits per heavy atom. The Hall–Kier alpha value is -2.20. The minimum atomic E-state index is -4.34. The Morgan fingerprint density at radius 3 is 2.71 bits per heavy atom. The van der Waals surface area contributed by atoms with Gasteiger partial charge in [-0.1, -0.05) is 6.07 Å². The van der Waals surface area contributed by atoms with Gasteiger partial charge in [0.2, 0.25) is 5.91 Å². The van der Waals surface area contributed by atoms with Crippen LogP contribution >= 0.6 is 0 Å². The second-order valence-corrected chi connectivity index (χ2v) is 7.26. The number of rotatable bonds is 3. The number of nitrogens with zero attached hydrogens (tertiary/aromatic N) is 5. The molecule has 1 atom stereocenters. The highest BCUT2D eigenvalue weighted by molar-refractivity contribution is 5.82. The molecule has 2 aromatic rings. The van der Waals surface area contributed by atoms with Crippen LogP contribution in [0.4, 0.5) is 13.2 Å². The van der Waals surface area contributed by atoms with Crippen LogP contribution in [0, 0.1) is 0 Å². The molecule has 1 amide bonds. The molecule has 7 nitrogen and oxygen atoms in total. The summed E-state index contributed by atoms with van der Waals surface area (Å²) in [5.74, 6) is 0.742. The zero-order chi connectivity index (χ0) is 19.7. The number of carbonyl (C=O) groups excluding carboxylic acids is 1. The molecule has 0 aliphatic carbocycles. The van der Waals surface area contributed by atoms with Gasteiger partial charge in [0.1, 0.15) is 11.9 Å². The van der Waals surface area contributed by atoms with E-state index in [1.807, 2.05) is 28.8 Å². The third kappa shape index (κ3) is 3.97. The molecule has 4 heterocycles. The summed E-state index contributed by atoms with van der Waals surface area (Å²) in [4.78, 5) is 15.7. The van der Waals surface area contributed by atoms with Gasteiger partial charge in [-0.2, -0.15) is 13.2 Å². The van der Waals surface area contributed by atoms with Crippen molar-refractivity contribution < 1.29 is 22.7 Å². The molecule has 2 saturated heterocycles. The molecular formula is C18H22F3N5O2. The van der Waals surface area contributed by atoms with Gasteiger partial charge < -0.3 is 9.64 Å². The molecule has 0 saturated carbocycles. The van der Waals surface area contributed by atoms with Crippen LogP contribution in [0.3, 0.4) is 0 Å². The fourth-order valence-corrected chi connectivity index (χ4v) is 3.99. The molecule has 2 aliphatic rings. The van der Waals surface area contributed by atoms with E-state index in [-0.39, 0.29) is 31.6 Å². The minimum absolute atomic E-state index is 0.00363. The lowest BCUT2D eigenvalue weighted by Gasteiger charge is -2.39. The molecular weight excluding hydrogens is 375 g/mol. The SMILES string of the molecule is O=C([C@@H]1COCCN1CC(F)(F)F)N1CCC(c2nnc3ccccn23)CC1. The molecule has 0 N–H and O–H groups in total. The van der Waals surface area contributed by atoms with Crippen LogP contribution in [0.25, 0.3) is 5.65 Å². The number of morpholine rings is 1. The van der Waals surface area contributed by atoms with Crippen LogP contribution in [0.15, 0.2) is 24.4 Å². The van der Waals surface area contributed by atoms with Gasteiger partial charge in [0.05, 0.1) is 19.8 Å². The van der Waals surface area contributed by atoms with Crippen LogP contribution in [0.1, 0.15) is 24.6 Å². The zero-order valence-electron chi connectivity index (χ0n) is 15.3. The van der Waals surface area contributed by atoms with Crippen molar-refractivity contribution in [1.82, 2.24) is 24.4 Å². The van der Waals surface area contributed by atoms with Gasteiger partial charge in [-0.25, -0.2) is 0 Å². The molecule has 0 aromatic carbocycles. The van der Waals surface area contributed by atoms with Crippen molar-refractivity contribution in [3.63, 3.8) is 0 Å². The number of likely N-dealkylation sites (tertiary alicyclic amines) is 1. The van der Waals surface area contributed by atoms with Gasteiger partial charge in [-0.3, -0.25) is 14.1 Å². The lowest BCUT2D eigenvalue weighted by atomic mass is 9.95. The predicted octanol–water partition coefficient (Wildman–Crippen LogP) is 1.70. The van der Waals surface area contributed by atoms with E-state index in [1.54, 1.807) is 4.90 Å². The van der Waals surface area contributed by atoms with E-state index in [0.29, 0.717) is 25.9 Å². The zero-order valence-corrected chi connectivity index (χ0v) is 15.3. The molecule has 2 aromatic heterocycles. The Labute approximate surface area is 160 Å². The van der Waals surface area contributed by atoms with E-state index in [2.05, 4.69) is 10.2 Å². The summed E-state index contributed by atoms with van der Waals surface area (Å²) in [6, 6.07) is 4.82. The van der Waals surface area contributed by atoms with Gasteiger partial charge in [-0.05, 0) is 25.0 Å². The Kier molecular flexibility index (Phi) is 5.24. The molecule has 0 spiro atoms. The summed E-state index contributed by atoms with van der Waals surface area (Å²) in [7, 11) is 0. The molecule has 0 bridgehead atoms. The Balaban J connectivity index is 1.40. The summed E-state index contributed by atoms with van der Waals surface area (Å²) in [5.41, 5.74) is 0.776. The third-order valence-electron chi connectivity index (χ3n) is 5.42. The van der Waals surface area contributed by atoms with E-state index in [9.17, 15) is 18.0 Å². The molecule has 0 unspecified atom stereocenters. The third-order valence-corrected chi connectivity index (χ3v) is 5.42. The maximum atomic E-state index is 12.9.